The Morgan fingerprint density at radius 2 is 2.53 bits per heavy atom. The molecule has 0 aliphatic heterocycles. The van der Waals surface area contributed by atoms with Gasteiger partial charge in [0, 0.05) is 4.88 Å². The summed E-state index contributed by atoms with van der Waals surface area (Å²) in [6.07, 6.45) is 3.42. The summed E-state index contributed by atoms with van der Waals surface area (Å²) in [5.41, 5.74) is 1.33. The molecule has 1 amide bonds. The highest BCUT2D eigenvalue weighted by Crippen LogP contribution is 2.32. The lowest BCUT2D eigenvalue weighted by Crippen LogP contribution is -2.36. The minimum Gasteiger partial charge on any atom is -0.348 e. The molecule has 1 atom stereocenters. The number of thiophene rings is 1. The molecule has 0 bridgehead atoms. The van der Waals surface area contributed by atoms with Gasteiger partial charge in [0.05, 0.1) is 12.6 Å². The monoisotopic (exact) mass is 224 g/mol. The first kappa shape index (κ1) is 10.6. The van der Waals surface area contributed by atoms with Gasteiger partial charge in [0.25, 0.3) is 0 Å². The molecule has 0 saturated heterocycles. The molecule has 1 aromatic rings. The molecule has 1 aromatic heterocycles. The first-order valence-electron chi connectivity index (χ1n) is 5.31. The minimum atomic E-state index is 0.0848. The van der Waals surface area contributed by atoms with Crippen LogP contribution in [0.15, 0.2) is 11.4 Å². The van der Waals surface area contributed by atoms with Crippen molar-refractivity contribution in [1.82, 2.24) is 10.6 Å². The second kappa shape index (κ2) is 4.77. The Kier molecular flexibility index (Phi) is 3.38. The van der Waals surface area contributed by atoms with Gasteiger partial charge in [-0.25, -0.2) is 0 Å². The summed E-state index contributed by atoms with van der Waals surface area (Å²) >= 11 is 1.80. The molecule has 1 aliphatic rings. The Labute approximate surface area is 93.9 Å². The van der Waals surface area contributed by atoms with Crippen molar-refractivity contribution in [2.45, 2.75) is 25.3 Å². The van der Waals surface area contributed by atoms with E-state index in [2.05, 4.69) is 22.1 Å². The summed E-state index contributed by atoms with van der Waals surface area (Å²) in [4.78, 5) is 12.9. The summed E-state index contributed by atoms with van der Waals surface area (Å²) in [5, 5.41) is 8.05. The lowest BCUT2D eigenvalue weighted by Gasteiger charge is -2.23. The molecular weight excluding hydrogens is 208 g/mol. The smallest absolute Gasteiger partial charge is 0.234 e. The largest absolute Gasteiger partial charge is 0.348 e. The molecule has 0 radical (unpaired) electrons. The highest BCUT2D eigenvalue weighted by molar-refractivity contribution is 7.10. The third-order valence-electron chi connectivity index (χ3n) is 2.72. The molecule has 1 aliphatic carbocycles. The van der Waals surface area contributed by atoms with Crippen LogP contribution in [0, 0.1) is 0 Å². The summed E-state index contributed by atoms with van der Waals surface area (Å²) in [5.74, 6) is 0.0848. The van der Waals surface area contributed by atoms with Crippen LogP contribution < -0.4 is 10.6 Å². The molecule has 2 rings (SSSR count). The van der Waals surface area contributed by atoms with Crippen molar-refractivity contribution < 1.29 is 4.79 Å². The number of rotatable bonds is 3. The van der Waals surface area contributed by atoms with Gasteiger partial charge in [0.1, 0.15) is 0 Å². The summed E-state index contributed by atoms with van der Waals surface area (Å²) < 4.78 is 0. The van der Waals surface area contributed by atoms with E-state index in [1.807, 2.05) is 0 Å². The van der Waals surface area contributed by atoms with Crippen LogP contribution in [0.5, 0.6) is 0 Å². The van der Waals surface area contributed by atoms with E-state index in [0.29, 0.717) is 6.54 Å². The van der Waals surface area contributed by atoms with E-state index in [1.165, 1.54) is 23.3 Å². The van der Waals surface area contributed by atoms with E-state index < -0.39 is 0 Å². The fourth-order valence-electron chi connectivity index (χ4n) is 2.04. The van der Waals surface area contributed by atoms with Gasteiger partial charge in [-0.2, -0.15) is 0 Å². The predicted octanol–water partition coefficient (Wildman–Crippen LogP) is 1.46. The zero-order chi connectivity index (χ0) is 10.7. The molecule has 3 nitrogen and oxygen atoms in total. The topological polar surface area (TPSA) is 41.1 Å². The van der Waals surface area contributed by atoms with E-state index in [0.717, 1.165) is 6.42 Å². The number of carbonyl (C=O) groups excluding carboxylic acids is 1. The van der Waals surface area contributed by atoms with Gasteiger partial charge >= 0.3 is 0 Å². The van der Waals surface area contributed by atoms with Crippen LogP contribution in [-0.2, 0) is 11.2 Å². The number of hydrogen-bond donors (Lipinski definition) is 2. The van der Waals surface area contributed by atoms with Gasteiger partial charge in [-0.05, 0) is 43.3 Å². The second-order valence-electron chi connectivity index (χ2n) is 3.84. The SMILES string of the molecule is CNCC(=O)NC1CCCc2sccc21. The van der Waals surface area contributed by atoms with Crippen molar-refractivity contribution in [2.75, 3.05) is 13.6 Å². The molecule has 82 valence electrons. The zero-order valence-corrected chi connectivity index (χ0v) is 9.69. The lowest BCUT2D eigenvalue weighted by atomic mass is 9.94. The zero-order valence-electron chi connectivity index (χ0n) is 8.88. The quantitative estimate of drug-likeness (QED) is 0.816. The molecule has 0 spiro atoms. The highest BCUT2D eigenvalue weighted by Gasteiger charge is 2.22. The number of hydrogen-bond acceptors (Lipinski definition) is 3. The van der Waals surface area contributed by atoms with E-state index >= 15 is 0 Å². The average Bonchev–Trinajstić information content (AvgIpc) is 2.67. The average molecular weight is 224 g/mol. The van der Waals surface area contributed by atoms with Crippen LogP contribution in [0.2, 0.25) is 0 Å². The second-order valence-corrected chi connectivity index (χ2v) is 4.84. The van der Waals surface area contributed by atoms with E-state index in [-0.39, 0.29) is 11.9 Å². The molecule has 4 heteroatoms. The van der Waals surface area contributed by atoms with Crippen LogP contribution in [0.4, 0.5) is 0 Å². The Hall–Kier alpha value is -0.870. The summed E-state index contributed by atoms with van der Waals surface area (Å²) in [6, 6.07) is 2.38. The molecule has 1 unspecified atom stereocenters. The van der Waals surface area contributed by atoms with Crippen molar-refractivity contribution in [3.05, 3.63) is 21.9 Å². The van der Waals surface area contributed by atoms with Crippen molar-refractivity contribution in [2.24, 2.45) is 0 Å². The Morgan fingerprint density at radius 3 is 3.33 bits per heavy atom. The highest BCUT2D eigenvalue weighted by atomic mass is 32.1. The predicted molar refractivity (Wildman–Crippen MR) is 62.1 cm³/mol. The molecule has 0 saturated carbocycles. The van der Waals surface area contributed by atoms with Gasteiger partial charge in [-0.15, -0.1) is 11.3 Å². The Balaban J connectivity index is 2.03. The van der Waals surface area contributed by atoms with Crippen LogP contribution >= 0.6 is 11.3 Å². The number of amides is 1. The van der Waals surface area contributed by atoms with E-state index in [9.17, 15) is 4.79 Å². The third kappa shape index (κ3) is 2.38. The molecular formula is C11H16N2OS. The van der Waals surface area contributed by atoms with Crippen LogP contribution in [0.1, 0.15) is 29.3 Å². The minimum absolute atomic E-state index is 0.0848. The number of aryl methyl sites for hydroxylation is 1. The maximum Gasteiger partial charge on any atom is 0.234 e. The van der Waals surface area contributed by atoms with E-state index in [4.69, 9.17) is 0 Å². The van der Waals surface area contributed by atoms with Gasteiger partial charge in [-0.3, -0.25) is 4.79 Å². The molecule has 0 fully saturated rings. The number of nitrogens with one attached hydrogen (secondary N) is 2. The van der Waals surface area contributed by atoms with Crippen LogP contribution in [0.25, 0.3) is 0 Å². The maximum atomic E-state index is 11.5. The fourth-order valence-corrected chi connectivity index (χ4v) is 3.03. The molecule has 1 heterocycles. The number of fused-ring (bicyclic) bond motifs is 1. The third-order valence-corrected chi connectivity index (χ3v) is 3.72. The Morgan fingerprint density at radius 1 is 1.67 bits per heavy atom. The van der Waals surface area contributed by atoms with Crippen LogP contribution in [0.3, 0.4) is 0 Å². The lowest BCUT2D eigenvalue weighted by molar-refractivity contribution is -0.121. The first-order chi connectivity index (χ1) is 7.31. The summed E-state index contributed by atoms with van der Waals surface area (Å²) in [7, 11) is 1.79. The van der Waals surface area contributed by atoms with Gasteiger partial charge < -0.3 is 10.6 Å². The summed E-state index contributed by atoms with van der Waals surface area (Å²) in [6.45, 7) is 0.399. The van der Waals surface area contributed by atoms with Crippen LogP contribution in [-0.4, -0.2) is 19.5 Å². The first-order valence-corrected chi connectivity index (χ1v) is 6.19. The van der Waals surface area contributed by atoms with Gasteiger partial charge in [-0.1, -0.05) is 0 Å². The van der Waals surface area contributed by atoms with Crippen molar-refractivity contribution in [3.8, 4) is 0 Å². The number of carbonyl (C=O) groups is 1. The standard InChI is InChI=1S/C11H16N2OS/c1-12-7-11(14)13-9-3-2-4-10-8(9)5-6-15-10/h5-6,9,12H,2-4,7H2,1H3,(H,13,14). The van der Waals surface area contributed by atoms with E-state index in [1.54, 1.807) is 18.4 Å². The normalized spacial score (nSPS) is 19.7. The molecule has 15 heavy (non-hydrogen) atoms. The fraction of sp³-hybridized carbons (Fsp3) is 0.545. The molecule has 2 N–H and O–H groups in total. The maximum absolute atomic E-state index is 11.5. The van der Waals surface area contributed by atoms with Gasteiger partial charge in [0.2, 0.25) is 5.91 Å². The Bertz CT molecular complexity index is 348. The number of likely N-dealkylation sites (N-methyl/N-ethyl adjacent to an activating group) is 1. The van der Waals surface area contributed by atoms with Crippen molar-refractivity contribution in [1.29, 1.82) is 0 Å². The molecule has 0 aromatic carbocycles. The van der Waals surface area contributed by atoms with Crippen molar-refractivity contribution in [3.63, 3.8) is 0 Å². The van der Waals surface area contributed by atoms with Crippen molar-refractivity contribution >= 4 is 17.2 Å². The van der Waals surface area contributed by atoms with Gasteiger partial charge in [0.15, 0.2) is 0 Å².